The van der Waals surface area contributed by atoms with Crippen LogP contribution in [-0.4, -0.2) is 52.2 Å². The van der Waals surface area contributed by atoms with Gasteiger partial charge in [0.05, 0.1) is 24.5 Å². The quantitative estimate of drug-likeness (QED) is 0.772. The number of rotatable bonds is 7. The molecule has 0 amide bonds. The van der Waals surface area contributed by atoms with Gasteiger partial charge in [-0.05, 0) is 17.5 Å². The van der Waals surface area contributed by atoms with E-state index in [1.54, 1.807) is 0 Å². The van der Waals surface area contributed by atoms with Crippen molar-refractivity contribution in [2.75, 3.05) is 32.8 Å². The van der Waals surface area contributed by atoms with Crippen LogP contribution in [0.3, 0.4) is 0 Å². The Morgan fingerprint density at radius 1 is 1.23 bits per heavy atom. The molecule has 0 radical (unpaired) electrons. The number of alkyl halides is 3. The molecule has 1 heterocycles. The first-order valence-electron chi connectivity index (χ1n) is 8.54. The summed E-state index contributed by atoms with van der Waals surface area (Å²) in [5.74, 6) is -0.255. The van der Waals surface area contributed by atoms with Crippen LogP contribution in [0.1, 0.15) is 25.0 Å². The average Bonchev–Trinajstić information content (AvgIpc) is 2.54. The van der Waals surface area contributed by atoms with Crippen LogP contribution < -0.4 is 4.72 Å². The summed E-state index contributed by atoms with van der Waals surface area (Å²) in [7, 11) is -3.74. The lowest BCUT2D eigenvalue weighted by atomic mass is 10.0. The number of ether oxygens (including phenoxy) is 1. The van der Waals surface area contributed by atoms with E-state index in [1.165, 1.54) is 12.1 Å². The van der Waals surface area contributed by atoms with Crippen molar-refractivity contribution < 1.29 is 26.3 Å². The van der Waals surface area contributed by atoms with Crippen LogP contribution in [0.25, 0.3) is 0 Å². The highest BCUT2D eigenvalue weighted by Crippen LogP contribution is 2.29. The van der Waals surface area contributed by atoms with Gasteiger partial charge in [-0.1, -0.05) is 32.0 Å². The Morgan fingerprint density at radius 3 is 2.46 bits per heavy atom. The zero-order chi connectivity index (χ0) is 19.4. The molecule has 1 unspecified atom stereocenters. The van der Waals surface area contributed by atoms with Crippen molar-refractivity contribution in [2.45, 2.75) is 31.8 Å². The predicted molar refractivity (Wildman–Crippen MR) is 93.1 cm³/mol. The molecule has 0 aromatic heterocycles. The molecule has 1 saturated heterocycles. The van der Waals surface area contributed by atoms with E-state index < -0.39 is 27.5 Å². The van der Waals surface area contributed by atoms with Gasteiger partial charge in [0, 0.05) is 25.7 Å². The standard InChI is InChI=1S/C17H25F3N2O3S/c1-13(2)16(22-6-8-25-9-7-22)11-21-26(23,24)12-14-4-3-5-15(10-14)17(18,19)20/h3-5,10,13,16,21H,6-9,11-12H2,1-2H3. The van der Waals surface area contributed by atoms with Gasteiger partial charge in [0.2, 0.25) is 10.0 Å². The van der Waals surface area contributed by atoms with E-state index in [0.717, 1.165) is 25.2 Å². The molecule has 2 rings (SSSR count). The van der Waals surface area contributed by atoms with E-state index in [-0.39, 0.29) is 24.1 Å². The summed E-state index contributed by atoms with van der Waals surface area (Å²) >= 11 is 0. The van der Waals surface area contributed by atoms with Crippen LogP contribution in [0.2, 0.25) is 0 Å². The first-order chi connectivity index (χ1) is 12.1. The maximum atomic E-state index is 12.8. The van der Waals surface area contributed by atoms with Crippen molar-refractivity contribution >= 4 is 10.0 Å². The zero-order valence-electron chi connectivity index (χ0n) is 14.9. The van der Waals surface area contributed by atoms with Crippen molar-refractivity contribution in [3.63, 3.8) is 0 Å². The molecule has 1 aliphatic heterocycles. The second-order valence-corrected chi connectivity index (χ2v) is 8.57. The summed E-state index contributed by atoms with van der Waals surface area (Å²) in [6.07, 6.45) is -4.49. The van der Waals surface area contributed by atoms with Crippen molar-refractivity contribution in [3.8, 4) is 0 Å². The van der Waals surface area contributed by atoms with Crippen LogP contribution in [0.15, 0.2) is 24.3 Å². The third-order valence-electron chi connectivity index (χ3n) is 4.41. The summed E-state index contributed by atoms with van der Waals surface area (Å²) in [5, 5.41) is 0. The van der Waals surface area contributed by atoms with Gasteiger partial charge in [-0.25, -0.2) is 13.1 Å². The van der Waals surface area contributed by atoms with Gasteiger partial charge in [-0.3, -0.25) is 4.90 Å². The number of halogens is 3. The molecule has 0 bridgehead atoms. The van der Waals surface area contributed by atoms with Gasteiger partial charge < -0.3 is 4.74 Å². The number of nitrogens with zero attached hydrogens (tertiary/aromatic N) is 1. The van der Waals surface area contributed by atoms with E-state index in [0.29, 0.717) is 13.2 Å². The predicted octanol–water partition coefficient (Wildman–Crippen LogP) is 2.48. The number of benzene rings is 1. The van der Waals surface area contributed by atoms with Gasteiger partial charge in [0.15, 0.2) is 0 Å². The Bertz CT molecular complexity index is 687. The highest BCUT2D eigenvalue weighted by Gasteiger charge is 2.31. The first-order valence-corrected chi connectivity index (χ1v) is 10.2. The van der Waals surface area contributed by atoms with E-state index >= 15 is 0 Å². The van der Waals surface area contributed by atoms with Gasteiger partial charge in [0.1, 0.15) is 0 Å². The molecule has 26 heavy (non-hydrogen) atoms. The van der Waals surface area contributed by atoms with Crippen molar-refractivity contribution in [2.24, 2.45) is 5.92 Å². The van der Waals surface area contributed by atoms with E-state index in [2.05, 4.69) is 9.62 Å². The molecule has 0 saturated carbocycles. The molecule has 1 atom stereocenters. The minimum atomic E-state index is -4.49. The molecular formula is C17H25F3N2O3S. The lowest BCUT2D eigenvalue weighted by Gasteiger charge is -2.36. The number of nitrogens with one attached hydrogen (secondary N) is 1. The summed E-state index contributed by atoms with van der Waals surface area (Å²) < 4.78 is 70.8. The number of hydrogen-bond acceptors (Lipinski definition) is 4. The molecule has 1 N–H and O–H groups in total. The molecule has 1 aromatic rings. The highest BCUT2D eigenvalue weighted by atomic mass is 32.2. The van der Waals surface area contributed by atoms with E-state index in [1.807, 2.05) is 13.8 Å². The van der Waals surface area contributed by atoms with Gasteiger partial charge in [0.25, 0.3) is 0 Å². The maximum absolute atomic E-state index is 12.8. The molecule has 148 valence electrons. The highest BCUT2D eigenvalue weighted by molar-refractivity contribution is 7.88. The monoisotopic (exact) mass is 394 g/mol. The molecule has 9 heteroatoms. The second-order valence-electron chi connectivity index (χ2n) is 6.77. The fraction of sp³-hybridized carbons (Fsp3) is 0.647. The summed E-state index contributed by atoms with van der Waals surface area (Å²) in [5.41, 5.74) is -0.738. The topological polar surface area (TPSA) is 58.6 Å². The number of hydrogen-bond donors (Lipinski definition) is 1. The van der Waals surface area contributed by atoms with Crippen LogP contribution in [0.5, 0.6) is 0 Å². The lowest BCUT2D eigenvalue weighted by Crippen LogP contribution is -2.51. The minimum Gasteiger partial charge on any atom is -0.379 e. The van der Waals surface area contributed by atoms with Gasteiger partial charge in [-0.15, -0.1) is 0 Å². The van der Waals surface area contributed by atoms with Crippen molar-refractivity contribution in [3.05, 3.63) is 35.4 Å². The largest absolute Gasteiger partial charge is 0.416 e. The van der Waals surface area contributed by atoms with Crippen LogP contribution in [0, 0.1) is 5.92 Å². The lowest BCUT2D eigenvalue weighted by molar-refractivity contribution is -0.137. The number of morpholine rings is 1. The normalized spacial score (nSPS) is 18.2. The Balaban J connectivity index is 2.01. The Hall–Kier alpha value is -1.16. The number of sulfonamides is 1. The van der Waals surface area contributed by atoms with Crippen LogP contribution in [-0.2, 0) is 26.7 Å². The van der Waals surface area contributed by atoms with E-state index in [4.69, 9.17) is 4.74 Å². The van der Waals surface area contributed by atoms with E-state index in [9.17, 15) is 21.6 Å². The van der Waals surface area contributed by atoms with Crippen LogP contribution >= 0.6 is 0 Å². The molecule has 1 aromatic carbocycles. The zero-order valence-corrected chi connectivity index (χ0v) is 15.7. The molecule has 1 aliphatic rings. The third kappa shape index (κ3) is 6.22. The average molecular weight is 394 g/mol. The summed E-state index contributed by atoms with van der Waals surface area (Å²) in [6.45, 7) is 6.94. The first kappa shape index (κ1) is 21.1. The third-order valence-corrected chi connectivity index (χ3v) is 5.73. The minimum absolute atomic E-state index is 0.00943. The molecule has 1 fully saturated rings. The molecule has 0 spiro atoms. The Labute approximate surface area is 152 Å². The Morgan fingerprint density at radius 2 is 1.88 bits per heavy atom. The SMILES string of the molecule is CC(C)C(CNS(=O)(=O)Cc1cccc(C(F)(F)F)c1)N1CCOCC1. The fourth-order valence-corrected chi connectivity index (χ4v) is 4.16. The van der Waals surface area contributed by atoms with Crippen molar-refractivity contribution in [1.82, 2.24) is 9.62 Å². The molecule has 0 aliphatic carbocycles. The van der Waals surface area contributed by atoms with Gasteiger partial charge >= 0.3 is 6.18 Å². The molecular weight excluding hydrogens is 369 g/mol. The van der Waals surface area contributed by atoms with Gasteiger partial charge in [-0.2, -0.15) is 13.2 Å². The summed E-state index contributed by atoms with van der Waals surface area (Å²) in [6, 6.07) is 4.42. The molecule has 5 nitrogen and oxygen atoms in total. The second kappa shape index (κ2) is 8.69. The smallest absolute Gasteiger partial charge is 0.379 e. The fourth-order valence-electron chi connectivity index (χ4n) is 3.02. The maximum Gasteiger partial charge on any atom is 0.416 e. The Kier molecular flexibility index (Phi) is 7.06. The van der Waals surface area contributed by atoms with Crippen molar-refractivity contribution in [1.29, 1.82) is 0 Å². The summed E-state index contributed by atoms with van der Waals surface area (Å²) in [4.78, 5) is 2.18. The van der Waals surface area contributed by atoms with Crippen LogP contribution in [0.4, 0.5) is 13.2 Å².